The van der Waals surface area contributed by atoms with Crippen LogP contribution in [0.2, 0.25) is 0 Å². The fourth-order valence-electron chi connectivity index (χ4n) is 0.557. The molecule has 0 nitrogen and oxygen atoms in total. The first-order valence-corrected chi connectivity index (χ1v) is 2.89. The molecule has 0 N–H and O–H groups in total. The maximum absolute atomic E-state index is 2.28. The average Bonchev–Trinajstić information content (AvgIpc) is 2.42. The summed E-state index contributed by atoms with van der Waals surface area (Å²) in [7, 11) is 0. The number of hydrogen-bond donors (Lipinski definition) is 0. The summed E-state index contributed by atoms with van der Waals surface area (Å²) >= 11 is 0. The predicted octanol–water partition coefficient (Wildman–Crippen LogP) is 2.18. The SMILES string of the molecule is C/C=C/[CH]C1CC1. The molecule has 0 spiro atoms. The van der Waals surface area contributed by atoms with Gasteiger partial charge in [0.05, 0.1) is 0 Å². The van der Waals surface area contributed by atoms with Gasteiger partial charge in [-0.3, -0.25) is 0 Å². The number of rotatable bonds is 2. The average molecular weight is 95.2 g/mol. The van der Waals surface area contributed by atoms with Gasteiger partial charge in [0, 0.05) is 0 Å². The van der Waals surface area contributed by atoms with Crippen LogP contribution < -0.4 is 0 Å². The normalized spacial score (nSPS) is 21.3. The van der Waals surface area contributed by atoms with Crippen molar-refractivity contribution in [2.75, 3.05) is 0 Å². The summed E-state index contributed by atoms with van der Waals surface area (Å²) in [5, 5.41) is 0. The Kier molecular flexibility index (Phi) is 1.50. The van der Waals surface area contributed by atoms with Crippen molar-refractivity contribution in [3.63, 3.8) is 0 Å². The minimum atomic E-state index is 0.941. The number of hydrogen-bond acceptors (Lipinski definition) is 0. The zero-order valence-electron chi connectivity index (χ0n) is 4.72. The van der Waals surface area contributed by atoms with Crippen molar-refractivity contribution < 1.29 is 0 Å². The summed E-state index contributed by atoms with van der Waals surface area (Å²) in [5.74, 6) is 0.941. The molecule has 0 heteroatoms. The van der Waals surface area contributed by atoms with Crippen molar-refractivity contribution in [1.82, 2.24) is 0 Å². The summed E-state index contributed by atoms with van der Waals surface area (Å²) in [6, 6.07) is 0. The molecule has 1 fully saturated rings. The van der Waals surface area contributed by atoms with Crippen molar-refractivity contribution in [3.8, 4) is 0 Å². The molecule has 0 unspecified atom stereocenters. The Labute approximate surface area is 45.2 Å². The third-order valence-electron chi connectivity index (χ3n) is 1.20. The quantitative estimate of drug-likeness (QED) is 0.493. The molecular weight excluding hydrogens is 84.1 g/mol. The summed E-state index contributed by atoms with van der Waals surface area (Å²) < 4.78 is 0. The van der Waals surface area contributed by atoms with Crippen LogP contribution in [0.3, 0.4) is 0 Å². The van der Waals surface area contributed by atoms with Crippen molar-refractivity contribution in [1.29, 1.82) is 0 Å². The highest BCUT2D eigenvalue weighted by molar-refractivity contribution is 5.01. The summed E-state index contributed by atoms with van der Waals surface area (Å²) in [4.78, 5) is 0. The van der Waals surface area contributed by atoms with Gasteiger partial charge >= 0.3 is 0 Å². The largest absolute Gasteiger partial charge is 0.0914 e. The van der Waals surface area contributed by atoms with Gasteiger partial charge in [-0.2, -0.15) is 0 Å². The smallest absolute Gasteiger partial charge is 0.0140 e. The van der Waals surface area contributed by atoms with Crippen molar-refractivity contribution in [3.05, 3.63) is 18.6 Å². The minimum Gasteiger partial charge on any atom is -0.0914 e. The first kappa shape index (κ1) is 4.89. The van der Waals surface area contributed by atoms with Crippen LogP contribution in [0.4, 0.5) is 0 Å². The van der Waals surface area contributed by atoms with E-state index in [9.17, 15) is 0 Å². The Morgan fingerprint density at radius 1 is 1.43 bits per heavy atom. The second kappa shape index (κ2) is 2.15. The monoisotopic (exact) mass is 95.1 g/mol. The molecule has 0 aromatic carbocycles. The molecule has 0 heterocycles. The summed E-state index contributed by atoms with van der Waals surface area (Å²) in [6.07, 6.45) is 9.34. The minimum absolute atomic E-state index is 0.941. The van der Waals surface area contributed by atoms with E-state index in [1.165, 1.54) is 12.8 Å². The standard InChI is InChI=1S/C7H11/c1-2-3-4-7-5-6-7/h2-4,7H,5-6H2,1H3/b3-2+. The maximum atomic E-state index is 2.28. The lowest BCUT2D eigenvalue weighted by Gasteiger charge is -1.79. The zero-order chi connectivity index (χ0) is 5.11. The van der Waals surface area contributed by atoms with Gasteiger partial charge in [0.2, 0.25) is 0 Å². The third kappa shape index (κ3) is 1.77. The van der Waals surface area contributed by atoms with Gasteiger partial charge in [0.15, 0.2) is 0 Å². The van der Waals surface area contributed by atoms with Gasteiger partial charge < -0.3 is 0 Å². The zero-order valence-corrected chi connectivity index (χ0v) is 4.72. The molecule has 1 aliphatic carbocycles. The highest BCUT2D eigenvalue weighted by Crippen LogP contribution is 2.31. The van der Waals surface area contributed by atoms with Gasteiger partial charge in [-0.15, -0.1) is 0 Å². The van der Waals surface area contributed by atoms with Gasteiger partial charge in [-0.05, 0) is 32.1 Å². The van der Waals surface area contributed by atoms with Gasteiger partial charge in [-0.1, -0.05) is 12.2 Å². The Bertz CT molecular complexity index is 68.1. The van der Waals surface area contributed by atoms with Crippen LogP contribution in [0.1, 0.15) is 19.8 Å². The van der Waals surface area contributed by atoms with Crippen LogP contribution in [0.25, 0.3) is 0 Å². The summed E-state index contributed by atoms with van der Waals surface area (Å²) in [6.45, 7) is 2.05. The first-order chi connectivity index (χ1) is 3.43. The fraction of sp³-hybridized carbons (Fsp3) is 0.571. The molecular formula is C7H11. The van der Waals surface area contributed by atoms with E-state index in [2.05, 4.69) is 25.5 Å². The van der Waals surface area contributed by atoms with E-state index in [1.54, 1.807) is 0 Å². The third-order valence-corrected chi connectivity index (χ3v) is 1.20. The molecule has 1 rings (SSSR count). The van der Waals surface area contributed by atoms with Crippen LogP contribution in [0.5, 0.6) is 0 Å². The molecule has 0 aromatic rings. The molecule has 1 radical (unpaired) electrons. The Hall–Kier alpha value is -0.260. The lowest BCUT2D eigenvalue weighted by atomic mass is 10.3. The lowest BCUT2D eigenvalue weighted by molar-refractivity contribution is 1.05. The van der Waals surface area contributed by atoms with Gasteiger partial charge in [0.1, 0.15) is 0 Å². The molecule has 0 aliphatic heterocycles. The van der Waals surface area contributed by atoms with E-state index in [0.29, 0.717) is 0 Å². The molecule has 0 atom stereocenters. The van der Waals surface area contributed by atoms with E-state index in [1.807, 2.05) is 0 Å². The molecule has 39 valence electrons. The van der Waals surface area contributed by atoms with Gasteiger partial charge in [0.25, 0.3) is 0 Å². The van der Waals surface area contributed by atoms with Crippen molar-refractivity contribution in [2.45, 2.75) is 19.8 Å². The summed E-state index contributed by atoms with van der Waals surface area (Å²) in [5.41, 5.74) is 0. The van der Waals surface area contributed by atoms with E-state index in [-0.39, 0.29) is 0 Å². The first-order valence-electron chi connectivity index (χ1n) is 2.89. The lowest BCUT2D eigenvalue weighted by Crippen LogP contribution is -1.67. The predicted molar refractivity (Wildman–Crippen MR) is 31.8 cm³/mol. The second-order valence-electron chi connectivity index (χ2n) is 2.06. The van der Waals surface area contributed by atoms with Crippen molar-refractivity contribution in [2.24, 2.45) is 5.92 Å². The van der Waals surface area contributed by atoms with E-state index < -0.39 is 0 Å². The highest BCUT2D eigenvalue weighted by atomic mass is 14.2. The molecule has 1 aliphatic rings. The van der Waals surface area contributed by atoms with E-state index in [4.69, 9.17) is 0 Å². The van der Waals surface area contributed by atoms with Crippen molar-refractivity contribution >= 4 is 0 Å². The van der Waals surface area contributed by atoms with E-state index in [0.717, 1.165) is 5.92 Å². The van der Waals surface area contributed by atoms with Crippen LogP contribution in [0, 0.1) is 12.3 Å². The topological polar surface area (TPSA) is 0 Å². The molecule has 0 amide bonds. The molecule has 1 saturated carbocycles. The Balaban J connectivity index is 1.98. The Morgan fingerprint density at radius 3 is 2.57 bits per heavy atom. The van der Waals surface area contributed by atoms with E-state index >= 15 is 0 Å². The maximum Gasteiger partial charge on any atom is -0.0140 e. The van der Waals surface area contributed by atoms with Crippen LogP contribution >= 0.6 is 0 Å². The highest BCUT2D eigenvalue weighted by Gasteiger charge is 2.18. The second-order valence-corrected chi connectivity index (χ2v) is 2.06. The number of allylic oxidation sites excluding steroid dienone is 2. The molecule has 0 saturated heterocycles. The van der Waals surface area contributed by atoms with Crippen LogP contribution in [0.15, 0.2) is 12.2 Å². The molecule has 0 bridgehead atoms. The van der Waals surface area contributed by atoms with Crippen LogP contribution in [-0.2, 0) is 0 Å². The molecule has 0 aromatic heterocycles. The Morgan fingerprint density at radius 2 is 2.14 bits per heavy atom. The molecule has 7 heavy (non-hydrogen) atoms. The van der Waals surface area contributed by atoms with Crippen LogP contribution in [-0.4, -0.2) is 0 Å². The fourth-order valence-corrected chi connectivity index (χ4v) is 0.557. The van der Waals surface area contributed by atoms with Gasteiger partial charge in [-0.25, -0.2) is 0 Å².